The van der Waals surface area contributed by atoms with E-state index in [1.807, 2.05) is 26.0 Å². The number of halogens is 1. The molecule has 0 aromatic carbocycles. The van der Waals surface area contributed by atoms with Crippen LogP contribution in [0.4, 0.5) is 0 Å². The summed E-state index contributed by atoms with van der Waals surface area (Å²) in [6, 6.07) is 3.80. The molecule has 0 saturated carbocycles. The molecular formula is C15H25ClN2. The van der Waals surface area contributed by atoms with Gasteiger partial charge < -0.3 is 4.90 Å². The van der Waals surface area contributed by atoms with Crippen LogP contribution >= 0.6 is 11.6 Å². The van der Waals surface area contributed by atoms with Gasteiger partial charge in [0.25, 0.3) is 0 Å². The van der Waals surface area contributed by atoms with Gasteiger partial charge in [0.2, 0.25) is 0 Å². The van der Waals surface area contributed by atoms with Crippen LogP contribution in [0.25, 0.3) is 0 Å². The van der Waals surface area contributed by atoms with Gasteiger partial charge in [-0.2, -0.15) is 0 Å². The third-order valence-electron chi connectivity index (χ3n) is 3.13. The van der Waals surface area contributed by atoms with E-state index in [1.54, 1.807) is 6.20 Å². The second-order valence-electron chi connectivity index (χ2n) is 4.47. The summed E-state index contributed by atoms with van der Waals surface area (Å²) < 4.78 is 0. The number of aromatic nitrogens is 1. The Labute approximate surface area is 116 Å². The number of piperidine rings is 1. The van der Waals surface area contributed by atoms with Gasteiger partial charge in [-0.3, -0.25) is 4.98 Å². The lowest BCUT2D eigenvalue weighted by Crippen LogP contribution is -2.30. The SMILES string of the molecule is CC.Clc1ccnc(CCCN2CCCCC2)c1. The fraction of sp³-hybridized carbons (Fsp3) is 0.667. The minimum atomic E-state index is 0.794. The van der Waals surface area contributed by atoms with Crippen LogP contribution < -0.4 is 0 Å². The lowest BCUT2D eigenvalue weighted by atomic mass is 10.1. The number of hydrogen-bond acceptors (Lipinski definition) is 2. The minimum Gasteiger partial charge on any atom is -0.303 e. The van der Waals surface area contributed by atoms with Gasteiger partial charge in [-0.1, -0.05) is 31.9 Å². The summed E-state index contributed by atoms with van der Waals surface area (Å²) in [5.41, 5.74) is 1.12. The fourth-order valence-electron chi connectivity index (χ4n) is 2.25. The molecule has 0 aliphatic carbocycles. The van der Waals surface area contributed by atoms with E-state index in [1.165, 1.54) is 45.3 Å². The van der Waals surface area contributed by atoms with Crippen LogP contribution in [0.2, 0.25) is 5.02 Å². The first-order chi connectivity index (χ1) is 8.84. The van der Waals surface area contributed by atoms with Crippen LogP contribution in [0, 0.1) is 0 Å². The van der Waals surface area contributed by atoms with Crippen molar-refractivity contribution >= 4 is 11.6 Å². The molecule has 18 heavy (non-hydrogen) atoms. The molecule has 1 aromatic heterocycles. The van der Waals surface area contributed by atoms with E-state index in [4.69, 9.17) is 11.6 Å². The average Bonchev–Trinajstić information content (AvgIpc) is 2.42. The molecule has 2 rings (SSSR count). The van der Waals surface area contributed by atoms with Crippen LogP contribution in [0.15, 0.2) is 18.3 Å². The zero-order valence-electron chi connectivity index (χ0n) is 11.7. The summed E-state index contributed by atoms with van der Waals surface area (Å²) >= 11 is 5.92. The first-order valence-electron chi connectivity index (χ1n) is 7.17. The van der Waals surface area contributed by atoms with Crippen LogP contribution in [-0.2, 0) is 6.42 Å². The molecule has 3 heteroatoms. The smallest absolute Gasteiger partial charge is 0.0439 e. The van der Waals surface area contributed by atoms with Crippen molar-refractivity contribution in [1.29, 1.82) is 0 Å². The van der Waals surface area contributed by atoms with Crippen LogP contribution in [-0.4, -0.2) is 29.5 Å². The average molecular weight is 269 g/mol. The van der Waals surface area contributed by atoms with E-state index >= 15 is 0 Å². The highest BCUT2D eigenvalue weighted by Gasteiger charge is 2.09. The molecule has 0 bridgehead atoms. The van der Waals surface area contributed by atoms with E-state index in [0.29, 0.717) is 0 Å². The Morgan fingerprint density at radius 3 is 2.61 bits per heavy atom. The Hall–Kier alpha value is -0.600. The first kappa shape index (κ1) is 15.5. The maximum absolute atomic E-state index is 5.92. The van der Waals surface area contributed by atoms with Gasteiger partial charge in [-0.15, -0.1) is 0 Å². The molecule has 1 fully saturated rings. The van der Waals surface area contributed by atoms with Gasteiger partial charge in [-0.25, -0.2) is 0 Å². The van der Waals surface area contributed by atoms with Crippen LogP contribution in [0.3, 0.4) is 0 Å². The summed E-state index contributed by atoms with van der Waals surface area (Å²) in [6.45, 7) is 7.76. The maximum atomic E-state index is 5.92. The third-order valence-corrected chi connectivity index (χ3v) is 3.37. The Balaban J connectivity index is 0.000000771. The molecule has 102 valence electrons. The molecule has 1 aliphatic rings. The van der Waals surface area contributed by atoms with E-state index in [0.717, 1.165) is 17.1 Å². The van der Waals surface area contributed by atoms with E-state index in [9.17, 15) is 0 Å². The summed E-state index contributed by atoms with van der Waals surface area (Å²) in [6.07, 6.45) is 8.17. The van der Waals surface area contributed by atoms with Crippen molar-refractivity contribution in [3.8, 4) is 0 Å². The topological polar surface area (TPSA) is 16.1 Å². The summed E-state index contributed by atoms with van der Waals surface area (Å²) in [5.74, 6) is 0. The number of hydrogen-bond donors (Lipinski definition) is 0. The lowest BCUT2D eigenvalue weighted by Gasteiger charge is -2.26. The fourth-order valence-corrected chi connectivity index (χ4v) is 2.43. The molecular weight excluding hydrogens is 244 g/mol. The third kappa shape index (κ3) is 5.83. The quantitative estimate of drug-likeness (QED) is 0.814. The van der Waals surface area contributed by atoms with Gasteiger partial charge in [0.05, 0.1) is 0 Å². The van der Waals surface area contributed by atoms with Gasteiger partial charge in [0.1, 0.15) is 0 Å². The molecule has 0 N–H and O–H groups in total. The normalized spacial score (nSPS) is 15.9. The van der Waals surface area contributed by atoms with Crippen molar-refractivity contribution in [2.75, 3.05) is 19.6 Å². The Morgan fingerprint density at radius 1 is 1.22 bits per heavy atom. The monoisotopic (exact) mass is 268 g/mol. The van der Waals surface area contributed by atoms with Gasteiger partial charge in [0.15, 0.2) is 0 Å². The number of nitrogens with zero attached hydrogens (tertiary/aromatic N) is 2. The molecule has 0 spiro atoms. The zero-order valence-corrected chi connectivity index (χ0v) is 12.4. The van der Waals surface area contributed by atoms with Crippen molar-refractivity contribution < 1.29 is 0 Å². The second-order valence-corrected chi connectivity index (χ2v) is 4.91. The lowest BCUT2D eigenvalue weighted by molar-refractivity contribution is 0.226. The molecule has 0 atom stereocenters. The Kier molecular flexibility index (Phi) is 8.03. The molecule has 0 amide bonds. The van der Waals surface area contributed by atoms with Gasteiger partial charge in [0, 0.05) is 16.9 Å². The summed E-state index contributed by atoms with van der Waals surface area (Å²) in [4.78, 5) is 6.88. The number of rotatable bonds is 4. The first-order valence-corrected chi connectivity index (χ1v) is 7.55. The Bertz CT molecular complexity index is 322. The van der Waals surface area contributed by atoms with Crippen molar-refractivity contribution in [2.45, 2.75) is 46.0 Å². The zero-order chi connectivity index (χ0) is 13.2. The summed E-state index contributed by atoms with van der Waals surface area (Å²) in [7, 11) is 0. The second kappa shape index (κ2) is 9.35. The molecule has 0 radical (unpaired) electrons. The standard InChI is InChI=1S/C13H19ClN2.C2H6/c14-12-6-7-15-13(11-12)5-4-10-16-8-2-1-3-9-16;1-2/h6-7,11H,1-5,8-10H2;1-2H3. The van der Waals surface area contributed by atoms with Crippen molar-refractivity contribution in [1.82, 2.24) is 9.88 Å². The van der Waals surface area contributed by atoms with Crippen molar-refractivity contribution in [3.05, 3.63) is 29.0 Å². The summed E-state index contributed by atoms with van der Waals surface area (Å²) in [5, 5.41) is 0.794. The molecule has 1 saturated heterocycles. The van der Waals surface area contributed by atoms with E-state index in [-0.39, 0.29) is 0 Å². The molecule has 2 nitrogen and oxygen atoms in total. The maximum Gasteiger partial charge on any atom is 0.0439 e. The Morgan fingerprint density at radius 2 is 1.94 bits per heavy atom. The van der Waals surface area contributed by atoms with Crippen LogP contribution in [0.1, 0.15) is 45.2 Å². The minimum absolute atomic E-state index is 0.794. The highest BCUT2D eigenvalue weighted by atomic mass is 35.5. The number of aryl methyl sites for hydroxylation is 1. The van der Waals surface area contributed by atoms with E-state index < -0.39 is 0 Å². The van der Waals surface area contributed by atoms with Crippen molar-refractivity contribution in [3.63, 3.8) is 0 Å². The number of pyridine rings is 1. The molecule has 2 heterocycles. The van der Waals surface area contributed by atoms with E-state index in [2.05, 4.69) is 9.88 Å². The largest absolute Gasteiger partial charge is 0.303 e. The highest BCUT2D eigenvalue weighted by Crippen LogP contribution is 2.12. The van der Waals surface area contributed by atoms with Crippen molar-refractivity contribution in [2.24, 2.45) is 0 Å². The highest BCUT2D eigenvalue weighted by molar-refractivity contribution is 6.30. The predicted octanol–water partition coefficient (Wildman–Crippen LogP) is 4.18. The molecule has 0 unspecified atom stereocenters. The van der Waals surface area contributed by atoms with Gasteiger partial charge >= 0.3 is 0 Å². The predicted molar refractivity (Wildman–Crippen MR) is 79.2 cm³/mol. The molecule has 1 aliphatic heterocycles. The molecule has 1 aromatic rings. The van der Waals surface area contributed by atoms with Crippen LogP contribution in [0.5, 0.6) is 0 Å². The number of likely N-dealkylation sites (tertiary alicyclic amines) is 1. The van der Waals surface area contributed by atoms with Gasteiger partial charge in [-0.05, 0) is 57.5 Å².